The van der Waals surface area contributed by atoms with Gasteiger partial charge in [0, 0.05) is 34.2 Å². The molecular weight excluding hydrogens is 320 g/mol. The third-order valence-electron chi connectivity index (χ3n) is 4.26. The number of nitro benzene ring substituents is 1. The lowest BCUT2D eigenvalue weighted by Gasteiger charge is -2.10. The maximum Gasteiger partial charge on any atom is 0.272 e. The van der Waals surface area contributed by atoms with Gasteiger partial charge in [0.05, 0.1) is 16.0 Å². The number of aromatic nitrogens is 3. The van der Waals surface area contributed by atoms with Gasteiger partial charge in [-0.05, 0) is 24.6 Å². The van der Waals surface area contributed by atoms with Crippen molar-refractivity contribution in [2.45, 2.75) is 6.92 Å². The van der Waals surface area contributed by atoms with Crippen molar-refractivity contribution in [3.05, 3.63) is 52.2 Å². The number of nitro groups is 1. The fraction of sp³-hybridized carbons (Fsp3) is 0.0588. The van der Waals surface area contributed by atoms with Gasteiger partial charge in [0.15, 0.2) is 5.95 Å². The van der Waals surface area contributed by atoms with Crippen LogP contribution in [0, 0.1) is 17.0 Å². The molecule has 2 heterocycles. The molecule has 0 saturated heterocycles. The zero-order chi connectivity index (χ0) is 17.7. The van der Waals surface area contributed by atoms with Crippen LogP contribution in [0.3, 0.4) is 0 Å². The van der Waals surface area contributed by atoms with E-state index in [2.05, 4.69) is 15.0 Å². The van der Waals surface area contributed by atoms with Gasteiger partial charge in [-0.1, -0.05) is 12.1 Å². The van der Waals surface area contributed by atoms with Crippen molar-refractivity contribution >= 4 is 39.3 Å². The smallest absolute Gasteiger partial charge is 0.272 e. The Morgan fingerprint density at radius 1 is 1.20 bits per heavy atom. The number of fused-ring (bicyclic) bond motifs is 3. The number of rotatable bonds is 2. The molecule has 0 aliphatic heterocycles. The van der Waals surface area contributed by atoms with E-state index in [1.54, 1.807) is 25.3 Å². The average Bonchev–Trinajstić information content (AvgIpc) is 3.03. The second-order valence-electron chi connectivity index (χ2n) is 5.82. The Morgan fingerprint density at radius 3 is 2.76 bits per heavy atom. The lowest BCUT2D eigenvalue weighted by molar-refractivity contribution is -0.385. The summed E-state index contributed by atoms with van der Waals surface area (Å²) < 4.78 is 0. The van der Waals surface area contributed by atoms with Crippen molar-refractivity contribution in [2.24, 2.45) is 0 Å². The van der Waals surface area contributed by atoms with Gasteiger partial charge >= 0.3 is 0 Å². The fourth-order valence-electron chi connectivity index (χ4n) is 3.10. The van der Waals surface area contributed by atoms with Crippen molar-refractivity contribution in [3.63, 3.8) is 0 Å². The Labute approximate surface area is 141 Å². The highest BCUT2D eigenvalue weighted by Crippen LogP contribution is 2.37. The summed E-state index contributed by atoms with van der Waals surface area (Å²) >= 11 is 0. The molecule has 0 aliphatic carbocycles. The second kappa shape index (κ2) is 5.17. The van der Waals surface area contributed by atoms with Crippen LogP contribution < -0.4 is 11.5 Å². The molecule has 0 saturated carbocycles. The first kappa shape index (κ1) is 14.9. The van der Waals surface area contributed by atoms with Gasteiger partial charge in [-0.15, -0.1) is 0 Å². The number of nitrogen functional groups attached to an aromatic ring is 2. The molecule has 0 atom stereocenters. The molecule has 0 radical (unpaired) electrons. The molecule has 124 valence electrons. The molecule has 4 rings (SSSR count). The minimum Gasteiger partial charge on any atom is -0.383 e. The number of hydrogen-bond acceptors (Lipinski definition) is 6. The molecule has 0 amide bonds. The maximum atomic E-state index is 11.3. The van der Waals surface area contributed by atoms with Gasteiger partial charge in [0.25, 0.3) is 5.69 Å². The van der Waals surface area contributed by atoms with Crippen LogP contribution in [0.2, 0.25) is 0 Å². The average molecular weight is 334 g/mol. The Balaban J connectivity index is 2.09. The minimum absolute atomic E-state index is 0.0649. The highest BCUT2D eigenvalue weighted by Gasteiger charge is 2.17. The Bertz CT molecular complexity index is 1160. The summed E-state index contributed by atoms with van der Waals surface area (Å²) in [5.41, 5.74) is 15.3. The molecule has 8 nitrogen and oxygen atoms in total. The van der Waals surface area contributed by atoms with E-state index in [1.165, 1.54) is 0 Å². The van der Waals surface area contributed by atoms with Crippen molar-refractivity contribution < 1.29 is 4.92 Å². The van der Waals surface area contributed by atoms with Crippen LogP contribution in [-0.4, -0.2) is 19.9 Å². The van der Waals surface area contributed by atoms with Crippen molar-refractivity contribution in [1.29, 1.82) is 0 Å². The molecule has 8 heteroatoms. The third-order valence-corrected chi connectivity index (χ3v) is 4.26. The van der Waals surface area contributed by atoms with Crippen LogP contribution in [0.4, 0.5) is 17.5 Å². The first-order valence-electron chi connectivity index (χ1n) is 7.53. The molecule has 0 spiro atoms. The summed E-state index contributed by atoms with van der Waals surface area (Å²) in [6.45, 7) is 1.71. The Hall–Kier alpha value is -3.68. The van der Waals surface area contributed by atoms with Gasteiger partial charge in [-0.3, -0.25) is 15.1 Å². The van der Waals surface area contributed by atoms with E-state index < -0.39 is 0 Å². The van der Waals surface area contributed by atoms with Gasteiger partial charge < -0.3 is 16.5 Å². The summed E-state index contributed by atoms with van der Waals surface area (Å²) in [6.07, 6.45) is 1.67. The molecule has 2 aromatic carbocycles. The monoisotopic (exact) mass is 334 g/mol. The first-order chi connectivity index (χ1) is 12.0. The van der Waals surface area contributed by atoms with Crippen LogP contribution in [0.1, 0.15) is 5.56 Å². The quantitative estimate of drug-likeness (QED) is 0.380. The summed E-state index contributed by atoms with van der Waals surface area (Å²) in [6, 6.07) is 8.80. The van der Waals surface area contributed by atoms with Crippen LogP contribution in [0.5, 0.6) is 0 Å². The van der Waals surface area contributed by atoms with E-state index in [0.717, 1.165) is 16.3 Å². The lowest BCUT2D eigenvalue weighted by Crippen LogP contribution is -2.01. The van der Waals surface area contributed by atoms with Crippen LogP contribution in [0.15, 0.2) is 36.5 Å². The third kappa shape index (κ3) is 2.23. The molecule has 0 fully saturated rings. The second-order valence-corrected chi connectivity index (χ2v) is 5.82. The number of hydrogen-bond donors (Lipinski definition) is 3. The largest absolute Gasteiger partial charge is 0.383 e. The summed E-state index contributed by atoms with van der Waals surface area (Å²) in [7, 11) is 0. The molecule has 25 heavy (non-hydrogen) atoms. The van der Waals surface area contributed by atoms with Crippen LogP contribution in [0.25, 0.3) is 32.9 Å². The van der Waals surface area contributed by atoms with E-state index in [-0.39, 0.29) is 16.6 Å². The summed E-state index contributed by atoms with van der Waals surface area (Å²) in [4.78, 5) is 22.3. The predicted molar refractivity (Wildman–Crippen MR) is 97.0 cm³/mol. The fourth-order valence-corrected chi connectivity index (χ4v) is 3.10. The number of aromatic amines is 1. The number of H-pyrrole nitrogens is 1. The lowest BCUT2D eigenvalue weighted by atomic mass is 9.98. The van der Waals surface area contributed by atoms with E-state index in [4.69, 9.17) is 11.5 Å². The minimum atomic E-state index is -0.387. The van der Waals surface area contributed by atoms with E-state index in [0.29, 0.717) is 28.0 Å². The molecule has 2 aromatic heterocycles. The van der Waals surface area contributed by atoms with Gasteiger partial charge in [0.2, 0.25) is 0 Å². The maximum absolute atomic E-state index is 11.3. The summed E-state index contributed by atoms with van der Waals surface area (Å²) in [5, 5.41) is 12.8. The van der Waals surface area contributed by atoms with E-state index in [1.807, 2.05) is 18.2 Å². The number of benzene rings is 2. The first-order valence-corrected chi connectivity index (χ1v) is 7.53. The Kier molecular flexibility index (Phi) is 3.08. The zero-order valence-corrected chi connectivity index (χ0v) is 13.3. The summed E-state index contributed by atoms with van der Waals surface area (Å²) in [5.74, 6) is 0.510. The molecule has 5 N–H and O–H groups in total. The van der Waals surface area contributed by atoms with Crippen molar-refractivity contribution in [3.8, 4) is 11.1 Å². The van der Waals surface area contributed by atoms with Crippen molar-refractivity contribution in [1.82, 2.24) is 15.0 Å². The van der Waals surface area contributed by atoms with E-state index >= 15 is 0 Å². The Morgan fingerprint density at radius 2 is 2.00 bits per heavy atom. The topological polar surface area (TPSA) is 137 Å². The van der Waals surface area contributed by atoms with Crippen molar-refractivity contribution in [2.75, 3.05) is 11.5 Å². The number of nitrogens with one attached hydrogen (secondary N) is 1. The number of nitrogens with two attached hydrogens (primary N) is 2. The van der Waals surface area contributed by atoms with Crippen LogP contribution >= 0.6 is 0 Å². The van der Waals surface area contributed by atoms with Gasteiger partial charge in [-0.2, -0.15) is 4.98 Å². The van der Waals surface area contributed by atoms with Crippen LogP contribution in [-0.2, 0) is 0 Å². The van der Waals surface area contributed by atoms with E-state index in [9.17, 15) is 10.1 Å². The predicted octanol–water partition coefficient (Wildman–Crippen LogP) is 3.16. The van der Waals surface area contributed by atoms with Gasteiger partial charge in [-0.25, -0.2) is 0 Å². The molecule has 0 unspecified atom stereocenters. The SMILES string of the molecule is Cc1ccc(-c2cc3[nH]c(N)nc(N)c3c3ccnc23)cc1[N+](=O)[O-]. The molecular formula is C17H14N6O2. The molecule has 0 aliphatic rings. The highest BCUT2D eigenvalue weighted by atomic mass is 16.6. The number of anilines is 2. The number of nitrogens with zero attached hydrogens (tertiary/aromatic N) is 3. The number of aryl methyl sites for hydroxylation is 1. The standard InChI is InChI=1S/C17H14N6O2/c1-8-2-3-9(6-13(8)23(24)25)11-7-12-14(10-4-5-20-15(10)11)16(18)22-17(19)21-12/h2-7H,18H2,1H3,(H3,19,21,22). The normalized spacial score (nSPS) is 11.2. The molecule has 4 aromatic rings. The van der Waals surface area contributed by atoms with Gasteiger partial charge in [0.1, 0.15) is 5.82 Å². The molecule has 0 bridgehead atoms. The zero-order valence-electron chi connectivity index (χ0n) is 13.3. The highest BCUT2D eigenvalue weighted by molar-refractivity contribution is 6.15.